The van der Waals surface area contributed by atoms with Crippen molar-refractivity contribution in [1.82, 2.24) is 9.78 Å². The molecule has 1 heterocycles. The molecule has 0 fully saturated rings. The third kappa shape index (κ3) is 3.24. The standard InChI is InChI=1S/C15H18N2O3/c1-3-20-14-7-5-4-6-12(14)13(18)10-17-15(19)8-11(2)9-16-17/h4-9,13,18H,3,10H2,1-2H3. The second-order valence-electron chi connectivity index (χ2n) is 4.54. The SMILES string of the molecule is CCOc1ccccc1C(O)Cn1ncc(C)cc1=O. The lowest BCUT2D eigenvalue weighted by Gasteiger charge is -2.16. The summed E-state index contributed by atoms with van der Waals surface area (Å²) in [7, 11) is 0. The summed E-state index contributed by atoms with van der Waals surface area (Å²) in [5.41, 5.74) is 1.23. The number of hydrogen-bond donors (Lipinski definition) is 1. The van der Waals surface area contributed by atoms with Crippen LogP contribution in [0.15, 0.2) is 41.3 Å². The summed E-state index contributed by atoms with van der Waals surface area (Å²) in [6.07, 6.45) is 0.758. The molecule has 1 unspecified atom stereocenters. The molecule has 5 nitrogen and oxygen atoms in total. The highest BCUT2D eigenvalue weighted by molar-refractivity contribution is 5.35. The molecule has 1 aromatic heterocycles. The van der Waals surface area contributed by atoms with Crippen molar-refractivity contribution >= 4 is 0 Å². The molecule has 20 heavy (non-hydrogen) atoms. The smallest absolute Gasteiger partial charge is 0.267 e. The Morgan fingerprint density at radius 1 is 1.40 bits per heavy atom. The molecule has 106 valence electrons. The maximum atomic E-state index is 11.8. The fourth-order valence-electron chi connectivity index (χ4n) is 1.97. The summed E-state index contributed by atoms with van der Waals surface area (Å²) in [6.45, 7) is 4.31. The molecule has 0 amide bonds. The molecule has 0 aliphatic carbocycles. The number of aryl methyl sites for hydroxylation is 1. The van der Waals surface area contributed by atoms with E-state index in [9.17, 15) is 9.90 Å². The Hall–Kier alpha value is -2.14. The van der Waals surface area contributed by atoms with Crippen LogP contribution in [-0.2, 0) is 6.54 Å². The highest BCUT2D eigenvalue weighted by Crippen LogP contribution is 2.25. The van der Waals surface area contributed by atoms with Crippen molar-refractivity contribution in [2.45, 2.75) is 26.5 Å². The normalized spacial score (nSPS) is 12.2. The summed E-state index contributed by atoms with van der Waals surface area (Å²) < 4.78 is 6.73. The third-order valence-corrected chi connectivity index (χ3v) is 2.93. The van der Waals surface area contributed by atoms with Gasteiger partial charge in [-0.05, 0) is 25.5 Å². The lowest BCUT2D eigenvalue weighted by Crippen LogP contribution is -2.25. The topological polar surface area (TPSA) is 64.3 Å². The monoisotopic (exact) mass is 274 g/mol. The number of aliphatic hydroxyl groups is 1. The van der Waals surface area contributed by atoms with Crippen molar-refractivity contribution in [3.8, 4) is 5.75 Å². The maximum absolute atomic E-state index is 11.8. The molecular weight excluding hydrogens is 256 g/mol. The van der Waals surface area contributed by atoms with Crippen LogP contribution >= 0.6 is 0 Å². The zero-order valence-electron chi connectivity index (χ0n) is 11.6. The van der Waals surface area contributed by atoms with E-state index >= 15 is 0 Å². The van der Waals surface area contributed by atoms with Crippen LogP contribution in [0.5, 0.6) is 5.75 Å². The van der Waals surface area contributed by atoms with Gasteiger partial charge in [-0.3, -0.25) is 4.79 Å². The number of aliphatic hydroxyl groups excluding tert-OH is 1. The number of rotatable bonds is 5. The third-order valence-electron chi connectivity index (χ3n) is 2.93. The van der Waals surface area contributed by atoms with Crippen LogP contribution in [0.25, 0.3) is 0 Å². The van der Waals surface area contributed by atoms with E-state index in [1.165, 1.54) is 10.7 Å². The fraction of sp³-hybridized carbons (Fsp3) is 0.333. The van der Waals surface area contributed by atoms with E-state index in [-0.39, 0.29) is 12.1 Å². The summed E-state index contributed by atoms with van der Waals surface area (Å²) >= 11 is 0. The number of para-hydroxylation sites is 1. The molecule has 0 spiro atoms. The Morgan fingerprint density at radius 2 is 2.15 bits per heavy atom. The number of aromatic nitrogens is 2. The second kappa shape index (κ2) is 6.34. The van der Waals surface area contributed by atoms with Gasteiger partial charge in [-0.1, -0.05) is 18.2 Å². The zero-order valence-corrected chi connectivity index (χ0v) is 11.6. The molecule has 1 atom stereocenters. The van der Waals surface area contributed by atoms with E-state index in [1.807, 2.05) is 19.1 Å². The Bertz CT molecular complexity index is 637. The van der Waals surface area contributed by atoms with Crippen LogP contribution < -0.4 is 10.3 Å². The van der Waals surface area contributed by atoms with E-state index in [4.69, 9.17) is 4.74 Å². The van der Waals surface area contributed by atoms with Gasteiger partial charge in [-0.25, -0.2) is 4.68 Å². The van der Waals surface area contributed by atoms with Gasteiger partial charge in [0.1, 0.15) is 11.9 Å². The number of nitrogens with zero attached hydrogens (tertiary/aromatic N) is 2. The van der Waals surface area contributed by atoms with Gasteiger partial charge in [0.05, 0.1) is 19.3 Å². The molecule has 2 aromatic rings. The average Bonchev–Trinajstić information content (AvgIpc) is 2.43. The first-order valence-electron chi connectivity index (χ1n) is 6.55. The van der Waals surface area contributed by atoms with E-state index in [2.05, 4.69) is 5.10 Å². The number of benzene rings is 1. The summed E-state index contributed by atoms with van der Waals surface area (Å²) in [5, 5.41) is 14.3. The quantitative estimate of drug-likeness (QED) is 0.901. The fourth-order valence-corrected chi connectivity index (χ4v) is 1.97. The maximum Gasteiger partial charge on any atom is 0.267 e. The first kappa shape index (κ1) is 14.3. The van der Waals surface area contributed by atoms with Crippen molar-refractivity contribution < 1.29 is 9.84 Å². The van der Waals surface area contributed by atoms with Crippen LogP contribution in [0.2, 0.25) is 0 Å². The number of ether oxygens (including phenoxy) is 1. The molecule has 0 saturated heterocycles. The van der Waals surface area contributed by atoms with Crippen molar-refractivity contribution in [1.29, 1.82) is 0 Å². The first-order chi connectivity index (χ1) is 9.61. The molecule has 1 N–H and O–H groups in total. The van der Waals surface area contributed by atoms with Crippen molar-refractivity contribution in [3.05, 3.63) is 58.0 Å². The van der Waals surface area contributed by atoms with Gasteiger partial charge in [0.15, 0.2) is 0 Å². The largest absolute Gasteiger partial charge is 0.493 e. The predicted octanol–water partition coefficient (Wildman–Crippen LogP) is 1.68. The molecule has 1 aromatic carbocycles. The molecule has 0 saturated carbocycles. The van der Waals surface area contributed by atoms with Gasteiger partial charge >= 0.3 is 0 Å². The minimum atomic E-state index is -0.842. The van der Waals surface area contributed by atoms with Crippen molar-refractivity contribution in [2.75, 3.05) is 6.61 Å². The van der Waals surface area contributed by atoms with Crippen molar-refractivity contribution in [3.63, 3.8) is 0 Å². The Balaban J connectivity index is 2.23. The van der Waals surface area contributed by atoms with Gasteiger partial charge in [-0.2, -0.15) is 5.10 Å². The van der Waals surface area contributed by atoms with E-state index in [0.29, 0.717) is 17.9 Å². The Labute approximate surface area is 117 Å². The summed E-state index contributed by atoms with van der Waals surface area (Å²) in [4.78, 5) is 11.8. The minimum Gasteiger partial charge on any atom is -0.493 e. The van der Waals surface area contributed by atoms with Crippen LogP contribution in [-0.4, -0.2) is 21.5 Å². The van der Waals surface area contributed by atoms with E-state index in [1.54, 1.807) is 25.3 Å². The van der Waals surface area contributed by atoms with Gasteiger partial charge in [0.2, 0.25) is 0 Å². The van der Waals surface area contributed by atoms with Crippen molar-refractivity contribution in [2.24, 2.45) is 0 Å². The summed E-state index contributed by atoms with van der Waals surface area (Å²) in [6, 6.07) is 8.75. The zero-order chi connectivity index (χ0) is 14.5. The molecule has 5 heteroatoms. The molecule has 2 rings (SSSR count). The van der Waals surface area contributed by atoms with Crippen LogP contribution in [0.4, 0.5) is 0 Å². The average molecular weight is 274 g/mol. The second-order valence-corrected chi connectivity index (χ2v) is 4.54. The summed E-state index contributed by atoms with van der Waals surface area (Å²) in [5.74, 6) is 0.627. The van der Waals surface area contributed by atoms with E-state index in [0.717, 1.165) is 5.56 Å². The predicted molar refractivity (Wildman–Crippen MR) is 75.8 cm³/mol. The van der Waals surface area contributed by atoms with Gasteiger partial charge in [0, 0.05) is 11.6 Å². The lowest BCUT2D eigenvalue weighted by atomic mass is 10.1. The Kier molecular flexibility index (Phi) is 4.53. The molecule has 0 aliphatic rings. The van der Waals surface area contributed by atoms with E-state index < -0.39 is 6.10 Å². The highest BCUT2D eigenvalue weighted by atomic mass is 16.5. The minimum absolute atomic E-state index is 0.100. The van der Waals surface area contributed by atoms with Crippen LogP contribution in [0.1, 0.15) is 24.2 Å². The number of hydrogen-bond acceptors (Lipinski definition) is 4. The lowest BCUT2D eigenvalue weighted by molar-refractivity contribution is 0.144. The molecule has 0 radical (unpaired) electrons. The van der Waals surface area contributed by atoms with Crippen LogP contribution in [0, 0.1) is 6.92 Å². The van der Waals surface area contributed by atoms with Gasteiger partial charge < -0.3 is 9.84 Å². The highest BCUT2D eigenvalue weighted by Gasteiger charge is 2.14. The molecular formula is C15H18N2O3. The first-order valence-corrected chi connectivity index (χ1v) is 6.55. The Morgan fingerprint density at radius 3 is 2.85 bits per heavy atom. The molecule has 0 aliphatic heterocycles. The van der Waals surface area contributed by atoms with Crippen LogP contribution in [0.3, 0.4) is 0 Å². The van der Waals surface area contributed by atoms with Gasteiger partial charge in [0.25, 0.3) is 5.56 Å². The van der Waals surface area contributed by atoms with Gasteiger partial charge in [-0.15, -0.1) is 0 Å². The molecule has 0 bridgehead atoms.